The second-order valence-electron chi connectivity index (χ2n) is 7.02. The van der Waals surface area contributed by atoms with E-state index in [9.17, 15) is 9.00 Å². The molecule has 0 unspecified atom stereocenters. The van der Waals surface area contributed by atoms with E-state index in [0.29, 0.717) is 36.8 Å². The average Bonchev–Trinajstić information content (AvgIpc) is 2.67. The van der Waals surface area contributed by atoms with Crippen LogP contribution in [-0.4, -0.2) is 46.2 Å². The molecule has 0 spiro atoms. The van der Waals surface area contributed by atoms with Crippen molar-refractivity contribution in [3.05, 3.63) is 29.3 Å². The summed E-state index contributed by atoms with van der Waals surface area (Å²) in [6.07, 6.45) is 0. The molecule has 2 aliphatic heterocycles. The van der Waals surface area contributed by atoms with Gasteiger partial charge in [0.05, 0.1) is 12.2 Å². The maximum absolute atomic E-state index is 12.9. The fourth-order valence-electron chi connectivity index (χ4n) is 3.21. The highest BCUT2D eigenvalue weighted by Crippen LogP contribution is 2.40. The van der Waals surface area contributed by atoms with Crippen molar-refractivity contribution in [3.8, 4) is 5.75 Å². The Bertz CT molecular complexity index is 626. The predicted octanol–water partition coefficient (Wildman–Crippen LogP) is 2.20. The van der Waals surface area contributed by atoms with Crippen LogP contribution in [0.3, 0.4) is 0 Å². The van der Waals surface area contributed by atoms with Gasteiger partial charge < -0.3 is 9.64 Å². The zero-order valence-electron chi connectivity index (χ0n) is 13.4. The van der Waals surface area contributed by atoms with E-state index in [1.807, 2.05) is 23.1 Å². The van der Waals surface area contributed by atoms with Gasteiger partial charge in [-0.25, -0.2) is 0 Å². The van der Waals surface area contributed by atoms with E-state index in [2.05, 4.69) is 20.8 Å². The fourth-order valence-corrected chi connectivity index (χ4v) is 4.54. The van der Waals surface area contributed by atoms with Crippen molar-refractivity contribution in [2.45, 2.75) is 26.2 Å². The first kappa shape index (κ1) is 15.5. The van der Waals surface area contributed by atoms with Gasteiger partial charge in [-0.1, -0.05) is 32.9 Å². The van der Waals surface area contributed by atoms with Crippen LogP contribution in [0.15, 0.2) is 18.2 Å². The largest absolute Gasteiger partial charge is 0.492 e. The number of rotatable bonds is 1. The van der Waals surface area contributed by atoms with Gasteiger partial charge in [0.15, 0.2) is 0 Å². The number of benzene rings is 1. The van der Waals surface area contributed by atoms with Gasteiger partial charge >= 0.3 is 0 Å². The number of nitrogens with zero attached hydrogens (tertiary/aromatic N) is 1. The number of ether oxygens (including phenoxy) is 1. The van der Waals surface area contributed by atoms with Crippen LogP contribution in [0.4, 0.5) is 0 Å². The van der Waals surface area contributed by atoms with Crippen LogP contribution in [0.25, 0.3) is 0 Å². The monoisotopic (exact) mass is 321 g/mol. The third-order valence-corrected chi connectivity index (χ3v) is 6.01. The van der Waals surface area contributed by atoms with Crippen molar-refractivity contribution in [1.29, 1.82) is 0 Å². The molecule has 2 atom stereocenters. The highest BCUT2D eigenvalue weighted by Gasteiger charge is 2.35. The van der Waals surface area contributed by atoms with Crippen LogP contribution < -0.4 is 4.74 Å². The topological polar surface area (TPSA) is 46.6 Å². The molecule has 2 aliphatic rings. The molecule has 0 bridgehead atoms. The summed E-state index contributed by atoms with van der Waals surface area (Å²) >= 11 is 0. The summed E-state index contributed by atoms with van der Waals surface area (Å²) in [6.45, 7) is 8.14. The number of carbonyl (C=O) groups excluding carboxylic acids is 1. The second-order valence-corrected chi connectivity index (χ2v) is 8.64. The van der Waals surface area contributed by atoms with Crippen molar-refractivity contribution in [2.75, 3.05) is 31.2 Å². The lowest BCUT2D eigenvalue weighted by Crippen LogP contribution is -2.35. The highest BCUT2D eigenvalue weighted by atomic mass is 32.2. The van der Waals surface area contributed by atoms with E-state index in [1.54, 1.807) is 0 Å². The van der Waals surface area contributed by atoms with Gasteiger partial charge in [0, 0.05) is 46.4 Å². The van der Waals surface area contributed by atoms with Gasteiger partial charge in [-0.2, -0.15) is 0 Å². The molecule has 2 heterocycles. The SMILES string of the molecule is C[C@@H]1CN(C(=O)c2cccc3c2OCC3(C)C)CC[S@@](=O)C1. The Labute approximate surface area is 134 Å². The van der Waals surface area contributed by atoms with Crippen molar-refractivity contribution in [3.63, 3.8) is 0 Å². The molecule has 1 aromatic carbocycles. The molecule has 3 rings (SSSR count). The molecule has 5 heteroatoms. The zero-order chi connectivity index (χ0) is 15.9. The molecule has 1 amide bonds. The van der Waals surface area contributed by atoms with Crippen molar-refractivity contribution in [1.82, 2.24) is 4.90 Å². The summed E-state index contributed by atoms with van der Waals surface area (Å²) in [6, 6.07) is 5.82. The number of para-hydroxylation sites is 1. The number of hydrogen-bond donors (Lipinski definition) is 0. The molecule has 0 saturated carbocycles. The summed E-state index contributed by atoms with van der Waals surface area (Å²) in [7, 11) is -0.818. The highest BCUT2D eigenvalue weighted by molar-refractivity contribution is 7.85. The maximum Gasteiger partial charge on any atom is 0.257 e. The Balaban J connectivity index is 1.90. The molecule has 0 aromatic heterocycles. The first-order valence-corrected chi connectivity index (χ1v) is 9.28. The number of hydrogen-bond acceptors (Lipinski definition) is 3. The Morgan fingerprint density at radius 2 is 2.18 bits per heavy atom. The number of fused-ring (bicyclic) bond motifs is 1. The standard InChI is InChI=1S/C17H23NO3S/c1-12-9-18(7-8-22(20)10-12)16(19)13-5-4-6-14-15(13)21-11-17(14,2)3/h4-6,12H,7-11H2,1-3H3/t12-,22-/m1/s1. The van der Waals surface area contributed by atoms with Crippen LogP contribution >= 0.6 is 0 Å². The van der Waals surface area contributed by atoms with Crippen LogP contribution in [-0.2, 0) is 16.2 Å². The summed E-state index contributed by atoms with van der Waals surface area (Å²) in [5.74, 6) is 2.25. The summed E-state index contributed by atoms with van der Waals surface area (Å²) < 4.78 is 17.6. The minimum absolute atomic E-state index is 0.000278. The number of amides is 1. The lowest BCUT2D eigenvalue weighted by molar-refractivity contribution is 0.0748. The van der Waals surface area contributed by atoms with Gasteiger partial charge in [-0.3, -0.25) is 9.00 Å². The molecule has 1 aromatic rings. The molecule has 1 saturated heterocycles. The summed E-state index contributed by atoms with van der Waals surface area (Å²) in [5, 5.41) is 0. The average molecular weight is 321 g/mol. The fraction of sp³-hybridized carbons (Fsp3) is 0.588. The second kappa shape index (κ2) is 5.69. The van der Waals surface area contributed by atoms with Gasteiger partial charge in [0.2, 0.25) is 0 Å². The van der Waals surface area contributed by atoms with Crippen molar-refractivity contribution in [2.24, 2.45) is 5.92 Å². The third kappa shape index (κ3) is 2.78. The van der Waals surface area contributed by atoms with Crippen LogP contribution in [0.5, 0.6) is 5.75 Å². The molecule has 22 heavy (non-hydrogen) atoms. The minimum Gasteiger partial charge on any atom is -0.492 e. The maximum atomic E-state index is 12.9. The van der Waals surface area contributed by atoms with E-state index < -0.39 is 10.8 Å². The molecular weight excluding hydrogens is 298 g/mol. The molecule has 1 fully saturated rings. The van der Waals surface area contributed by atoms with Crippen molar-refractivity contribution >= 4 is 16.7 Å². The minimum atomic E-state index is -0.818. The van der Waals surface area contributed by atoms with E-state index in [4.69, 9.17) is 4.74 Å². The smallest absolute Gasteiger partial charge is 0.257 e. The van der Waals surface area contributed by atoms with Crippen molar-refractivity contribution < 1.29 is 13.7 Å². The Kier molecular flexibility index (Phi) is 4.02. The molecule has 4 nitrogen and oxygen atoms in total. The quantitative estimate of drug-likeness (QED) is 0.796. The summed E-state index contributed by atoms with van der Waals surface area (Å²) in [4.78, 5) is 14.8. The molecule has 0 N–H and O–H groups in total. The predicted molar refractivity (Wildman–Crippen MR) is 87.9 cm³/mol. The molecule has 0 aliphatic carbocycles. The van der Waals surface area contributed by atoms with Crippen LogP contribution in [0, 0.1) is 5.92 Å². The molecule has 120 valence electrons. The Morgan fingerprint density at radius 1 is 1.41 bits per heavy atom. The third-order valence-electron chi connectivity index (χ3n) is 4.43. The molecular formula is C17H23NO3S. The van der Waals surface area contributed by atoms with Crippen LogP contribution in [0.1, 0.15) is 36.7 Å². The van der Waals surface area contributed by atoms with Gasteiger partial charge in [-0.05, 0) is 12.0 Å². The first-order valence-electron chi connectivity index (χ1n) is 7.79. The van der Waals surface area contributed by atoms with E-state index >= 15 is 0 Å². The van der Waals surface area contributed by atoms with Gasteiger partial charge in [-0.15, -0.1) is 0 Å². The lowest BCUT2D eigenvalue weighted by Gasteiger charge is -2.23. The van der Waals surface area contributed by atoms with Gasteiger partial charge in [0.25, 0.3) is 5.91 Å². The first-order chi connectivity index (χ1) is 10.4. The molecule has 0 radical (unpaired) electrons. The van der Waals surface area contributed by atoms with E-state index in [-0.39, 0.29) is 17.2 Å². The summed E-state index contributed by atoms with van der Waals surface area (Å²) in [5.41, 5.74) is 1.69. The van der Waals surface area contributed by atoms with E-state index in [1.165, 1.54) is 0 Å². The lowest BCUT2D eigenvalue weighted by atomic mass is 9.86. The number of carbonyl (C=O) groups is 1. The normalized spacial score (nSPS) is 27.0. The Hall–Kier alpha value is -1.36. The zero-order valence-corrected chi connectivity index (χ0v) is 14.2. The van der Waals surface area contributed by atoms with E-state index in [0.717, 1.165) is 11.3 Å². The van der Waals surface area contributed by atoms with Gasteiger partial charge in [0.1, 0.15) is 5.75 Å². The van der Waals surface area contributed by atoms with Crippen LogP contribution in [0.2, 0.25) is 0 Å². The Morgan fingerprint density at radius 3 is 2.95 bits per heavy atom.